The van der Waals surface area contributed by atoms with Gasteiger partial charge < -0.3 is 11.5 Å². The van der Waals surface area contributed by atoms with Gasteiger partial charge in [0.2, 0.25) is 0 Å². The zero-order valence-electron chi connectivity index (χ0n) is 11.9. The number of nitrogens with two attached hydrogens (primary N) is 2. The average molecular weight is 365 g/mol. The first-order valence-electron chi connectivity index (χ1n) is 6.25. The van der Waals surface area contributed by atoms with Crippen LogP contribution in [0.3, 0.4) is 0 Å². The van der Waals surface area contributed by atoms with E-state index in [0.29, 0.717) is 16.9 Å². The molecule has 0 bridgehead atoms. The van der Waals surface area contributed by atoms with Crippen LogP contribution in [-0.4, -0.2) is 0 Å². The van der Waals surface area contributed by atoms with E-state index in [0.717, 1.165) is 5.56 Å². The number of benzene rings is 2. The normalized spacial score (nSPS) is 11.8. The molecule has 0 unspecified atom stereocenters. The highest BCUT2D eigenvalue weighted by atomic mass is 35.5. The molecule has 0 fully saturated rings. The molecule has 0 atom stereocenters. The zero-order chi connectivity index (χ0) is 17.5. The summed E-state index contributed by atoms with van der Waals surface area (Å²) in [7, 11) is 0. The molecule has 0 aliphatic heterocycles. The molecule has 12 heteroatoms. The van der Waals surface area contributed by atoms with Crippen molar-refractivity contribution < 1.29 is 0 Å². The van der Waals surface area contributed by atoms with Gasteiger partial charge in [0.25, 0.3) is 0 Å². The maximum atomic E-state index is 6.38. The third kappa shape index (κ3) is 4.06. The Hall–Kier alpha value is -2.98. The Balaban J connectivity index is 2.48. The van der Waals surface area contributed by atoms with Gasteiger partial charge in [0.05, 0.1) is 21.4 Å². The minimum atomic E-state index is 0.204. The van der Waals surface area contributed by atoms with Gasteiger partial charge in [-0.1, -0.05) is 35.3 Å². The van der Waals surface area contributed by atoms with Crippen LogP contribution in [0.15, 0.2) is 66.8 Å². The van der Waals surface area contributed by atoms with Crippen LogP contribution < -0.4 is 11.5 Å². The van der Waals surface area contributed by atoms with Gasteiger partial charge in [0.1, 0.15) is 0 Å². The van der Waals surface area contributed by atoms with Crippen LogP contribution in [-0.2, 0) is 0 Å². The van der Waals surface area contributed by atoms with E-state index in [4.69, 9.17) is 40.2 Å². The maximum absolute atomic E-state index is 6.38. The number of anilines is 2. The van der Waals surface area contributed by atoms with Gasteiger partial charge in [0.15, 0.2) is 0 Å². The number of nitrogens with one attached hydrogen (secondary N) is 1. The zero-order valence-corrected chi connectivity index (χ0v) is 13.4. The van der Waals surface area contributed by atoms with Crippen molar-refractivity contribution in [3.63, 3.8) is 0 Å². The van der Waals surface area contributed by atoms with Crippen LogP contribution in [0.2, 0.25) is 10.0 Å². The van der Waals surface area contributed by atoms with Crippen LogP contribution in [0.1, 0.15) is 0 Å². The second-order valence-corrected chi connectivity index (χ2v) is 5.01. The van der Waals surface area contributed by atoms with Crippen molar-refractivity contribution in [2.24, 2.45) is 36.5 Å². The fourth-order valence-electron chi connectivity index (χ4n) is 1.78. The molecule has 24 heavy (non-hydrogen) atoms. The number of rotatable bonds is 5. The topological polar surface area (TPSA) is 162 Å². The van der Waals surface area contributed by atoms with Gasteiger partial charge in [-0.25, -0.2) is 0 Å². The van der Waals surface area contributed by atoms with E-state index >= 15 is 0 Å². The molecule has 0 spiro atoms. The molecule has 0 radical (unpaired) electrons. The van der Waals surface area contributed by atoms with Crippen molar-refractivity contribution >= 4 is 40.3 Å². The molecule has 0 heterocycles. The molecule has 0 saturated heterocycles. The van der Waals surface area contributed by atoms with Crippen molar-refractivity contribution in [3.8, 4) is 11.1 Å². The van der Waals surface area contributed by atoms with Crippen LogP contribution in [0.5, 0.6) is 0 Å². The molecule has 0 saturated carbocycles. The molecule has 2 aromatic carbocycles. The van der Waals surface area contributed by atoms with Crippen molar-refractivity contribution in [2.75, 3.05) is 11.5 Å². The number of nitrogen functional groups attached to an aromatic ring is 2. The van der Waals surface area contributed by atoms with Gasteiger partial charge in [-0.15, -0.1) is 5.11 Å². The van der Waals surface area contributed by atoms with E-state index in [9.17, 15) is 0 Å². The smallest absolute Gasteiger partial charge is 0.0990 e. The van der Waals surface area contributed by atoms with Gasteiger partial charge in [-0.2, -0.15) is 5.53 Å². The van der Waals surface area contributed by atoms with Crippen molar-refractivity contribution in [3.05, 3.63) is 40.4 Å². The minimum absolute atomic E-state index is 0.204. The Labute approximate surface area is 145 Å². The molecule has 2 aromatic rings. The van der Waals surface area contributed by atoms with E-state index in [2.05, 4.69) is 36.5 Å². The highest BCUT2D eigenvalue weighted by molar-refractivity contribution is 6.45. The second kappa shape index (κ2) is 8.04. The summed E-state index contributed by atoms with van der Waals surface area (Å²) in [6.45, 7) is 0. The Bertz CT molecular complexity index is 829. The fourth-order valence-corrected chi connectivity index (χ4v) is 2.24. The lowest BCUT2D eigenvalue weighted by Gasteiger charge is -2.11. The summed E-state index contributed by atoms with van der Waals surface area (Å²) in [6, 6.07) is 8.43. The highest BCUT2D eigenvalue weighted by Crippen LogP contribution is 2.44. The number of nitrogens with zero attached hydrogens (tertiary/aromatic N) is 7. The highest BCUT2D eigenvalue weighted by Gasteiger charge is 2.16. The monoisotopic (exact) mass is 364 g/mol. The molecule has 122 valence electrons. The fraction of sp³-hybridized carbons (Fsp3) is 0. The molecule has 0 aliphatic rings. The van der Waals surface area contributed by atoms with E-state index in [1.165, 1.54) is 6.07 Å². The first-order chi connectivity index (χ1) is 11.5. The predicted octanol–water partition coefficient (Wildman–Crippen LogP) is 5.59. The van der Waals surface area contributed by atoms with Gasteiger partial charge in [-0.3, -0.25) is 0 Å². The first-order valence-corrected chi connectivity index (χ1v) is 7.01. The summed E-state index contributed by atoms with van der Waals surface area (Å²) in [5.74, 6) is 0. The lowest BCUT2D eigenvalue weighted by molar-refractivity contribution is 0.792. The predicted molar refractivity (Wildman–Crippen MR) is 90.1 cm³/mol. The second-order valence-electron chi connectivity index (χ2n) is 4.26. The third-order valence-electron chi connectivity index (χ3n) is 2.77. The van der Waals surface area contributed by atoms with Crippen molar-refractivity contribution in [1.29, 1.82) is 5.53 Å². The average Bonchev–Trinajstić information content (AvgIpc) is 2.57. The number of hydrogen-bond donors (Lipinski definition) is 3. The number of hydrogen-bond acceptors (Lipinski definition) is 4. The summed E-state index contributed by atoms with van der Waals surface area (Å²) in [6.07, 6.45) is 0. The van der Waals surface area contributed by atoms with E-state index < -0.39 is 0 Å². The summed E-state index contributed by atoms with van der Waals surface area (Å²) in [4.78, 5) is 0. The lowest BCUT2D eigenvalue weighted by atomic mass is 10.0. The van der Waals surface area contributed by atoms with E-state index in [-0.39, 0.29) is 15.7 Å². The van der Waals surface area contributed by atoms with Crippen LogP contribution in [0.4, 0.5) is 17.1 Å². The SMILES string of the molecule is N=NN=NN=NN=Nc1cc(N)c(Cl)c(Cl)c1-c1ccc(N)cc1. The van der Waals surface area contributed by atoms with Crippen LogP contribution >= 0.6 is 23.2 Å². The Morgan fingerprint density at radius 3 is 2.12 bits per heavy atom. The van der Waals surface area contributed by atoms with Gasteiger partial charge >= 0.3 is 0 Å². The summed E-state index contributed by atoms with van der Waals surface area (Å²) in [5, 5.41) is 22.8. The minimum Gasteiger partial charge on any atom is -0.399 e. The van der Waals surface area contributed by atoms with Crippen LogP contribution in [0.25, 0.3) is 11.1 Å². The standard InChI is InChI=1S/C12H10Cl2N10/c13-11-8(16)5-9(18-20-22-24-23-21-19-17)10(12(11)14)6-1-3-7(15)4-2-6/h1-5,17H,15-16H2. The third-order valence-corrected chi connectivity index (χ3v) is 3.65. The molecule has 2 rings (SSSR count). The maximum Gasteiger partial charge on any atom is 0.0990 e. The Morgan fingerprint density at radius 2 is 1.46 bits per heavy atom. The summed E-state index contributed by atoms with van der Waals surface area (Å²) < 4.78 is 0. The summed E-state index contributed by atoms with van der Waals surface area (Å²) >= 11 is 12.4. The molecule has 0 aliphatic carbocycles. The molecular formula is C12H10Cl2N10. The van der Waals surface area contributed by atoms with E-state index in [1.807, 2.05) is 0 Å². The Kier molecular flexibility index (Phi) is 5.82. The largest absolute Gasteiger partial charge is 0.399 e. The quantitative estimate of drug-likeness (QED) is 0.358. The first kappa shape index (κ1) is 17.4. The van der Waals surface area contributed by atoms with E-state index in [1.54, 1.807) is 24.3 Å². The molecular weight excluding hydrogens is 355 g/mol. The lowest BCUT2D eigenvalue weighted by Crippen LogP contribution is -1.91. The van der Waals surface area contributed by atoms with Crippen molar-refractivity contribution in [1.82, 2.24) is 0 Å². The summed E-state index contributed by atoms with van der Waals surface area (Å²) in [5.41, 5.74) is 20.3. The molecule has 0 amide bonds. The van der Waals surface area contributed by atoms with Crippen LogP contribution in [0, 0.1) is 5.53 Å². The molecule has 5 N–H and O–H groups in total. The Morgan fingerprint density at radius 1 is 0.833 bits per heavy atom. The van der Waals surface area contributed by atoms with Crippen molar-refractivity contribution in [2.45, 2.75) is 0 Å². The number of halogens is 2. The molecule has 10 nitrogen and oxygen atoms in total. The molecule has 0 aromatic heterocycles. The van der Waals surface area contributed by atoms with Gasteiger partial charge in [-0.05, 0) is 55.1 Å². The van der Waals surface area contributed by atoms with Gasteiger partial charge in [0, 0.05) is 11.3 Å².